The van der Waals surface area contributed by atoms with Crippen molar-refractivity contribution in [2.75, 3.05) is 11.1 Å². The minimum absolute atomic E-state index is 0.401. The van der Waals surface area contributed by atoms with Gasteiger partial charge in [0.15, 0.2) is 0 Å². The molecule has 0 spiro atoms. The summed E-state index contributed by atoms with van der Waals surface area (Å²) in [5, 5.41) is 13.3. The summed E-state index contributed by atoms with van der Waals surface area (Å²) in [5.74, 6) is 0.472. The first-order valence-corrected chi connectivity index (χ1v) is 6.04. The lowest BCUT2D eigenvalue weighted by molar-refractivity contribution is 1.29. The zero-order chi connectivity index (χ0) is 13.9. The number of para-hydroxylation sites is 1. The molecule has 0 aliphatic heterocycles. The van der Waals surface area contributed by atoms with E-state index in [0.717, 1.165) is 16.6 Å². The molecule has 0 aliphatic carbocycles. The SMILES string of the molecule is N#Cc1cc(N)cnc1Nc1cccc2cccnc12. The van der Waals surface area contributed by atoms with E-state index in [2.05, 4.69) is 21.4 Å². The molecule has 0 radical (unpaired) electrons. The summed E-state index contributed by atoms with van der Waals surface area (Å²) in [6, 6.07) is 13.3. The maximum Gasteiger partial charge on any atom is 0.148 e. The first kappa shape index (κ1) is 11.9. The standard InChI is InChI=1S/C15H11N5/c16-8-11-7-12(17)9-19-15(11)20-13-5-1-3-10-4-2-6-18-14(10)13/h1-7,9H,17H2,(H,19,20). The van der Waals surface area contributed by atoms with E-state index in [9.17, 15) is 0 Å². The van der Waals surface area contributed by atoms with Crippen molar-refractivity contribution in [3.05, 3.63) is 54.4 Å². The van der Waals surface area contributed by atoms with Crippen molar-refractivity contribution in [3.8, 4) is 6.07 Å². The molecular formula is C15H11N5. The third kappa shape index (κ3) is 2.10. The molecule has 0 saturated carbocycles. The zero-order valence-electron chi connectivity index (χ0n) is 10.5. The maximum absolute atomic E-state index is 9.13. The van der Waals surface area contributed by atoms with Gasteiger partial charge in [-0.1, -0.05) is 18.2 Å². The molecule has 5 nitrogen and oxygen atoms in total. The molecule has 2 heterocycles. The number of anilines is 3. The van der Waals surface area contributed by atoms with Crippen molar-refractivity contribution in [1.29, 1.82) is 5.26 Å². The highest BCUT2D eigenvalue weighted by Crippen LogP contribution is 2.25. The van der Waals surface area contributed by atoms with Crippen molar-refractivity contribution >= 4 is 28.1 Å². The van der Waals surface area contributed by atoms with E-state index in [1.54, 1.807) is 12.3 Å². The summed E-state index contributed by atoms with van der Waals surface area (Å²) in [6.07, 6.45) is 3.25. The molecule has 0 bridgehead atoms. The number of hydrogen-bond acceptors (Lipinski definition) is 5. The third-order valence-corrected chi connectivity index (χ3v) is 2.92. The lowest BCUT2D eigenvalue weighted by Crippen LogP contribution is -1.99. The molecule has 20 heavy (non-hydrogen) atoms. The van der Waals surface area contributed by atoms with Crippen LogP contribution in [0.15, 0.2) is 48.8 Å². The molecule has 0 aliphatic rings. The van der Waals surface area contributed by atoms with Crippen molar-refractivity contribution in [2.45, 2.75) is 0 Å². The molecule has 5 heteroatoms. The van der Waals surface area contributed by atoms with Gasteiger partial charge in [0, 0.05) is 11.6 Å². The topological polar surface area (TPSA) is 87.6 Å². The molecular weight excluding hydrogens is 250 g/mol. The largest absolute Gasteiger partial charge is 0.397 e. The number of nitriles is 1. The van der Waals surface area contributed by atoms with Crippen LogP contribution >= 0.6 is 0 Å². The molecule has 0 saturated heterocycles. The Balaban J connectivity index is 2.08. The van der Waals surface area contributed by atoms with Crippen LogP contribution in [0, 0.1) is 11.3 Å². The van der Waals surface area contributed by atoms with E-state index in [0.29, 0.717) is 17.1 Å². The van der Waals surface area contributed by atoms with E-state index in [-0.39, 0.29) is 0 Å². The van der Waals surface area contributed by atoms with E-state index in [4.69, 9.17) is 11.0 Å². The van der Waals surface area contributed by atoms with Crippen LogP contribution < -0.4 is 11.1 Å². The van der Waals surface area contributed by atoms with E-state index in [1.807, 2.05) is 30.3 Å². The highest BCUT2D eigenvalue weighted by atomic mass is 15.0. The average Bonchev–Trinajstić information content (AvgIpc) is 2.49. The van der Waals surface area contributed by atoms with Gasteiger partial charge in [0.05, 0.1) is 28.7 Å². The molecule has 0 fully saturated rings. The Morgan fingerprint density at radius 3 is 2.85 bits per heavy atom. The number of hydrogen-bond donors (Lipinski definition) is 2. The molecule has 3 aromatic rings. The Hall–Kier alpha value is -3.13. The predicted molar refractivity (Wildman–Crippen MR) is 78.4 cm³/mol. The number of rotatable bonds is 2. The number of fused-ring (bicyclic) bond motifs is 1. The Labute approximate surface area is 115 Å². The summed E-state index contributed by atoms with van der Waals surface area (Å²) in [7, 11) is 0. The Morgan fingerprint density at radius 2 is 2.00 bits per heavy atom. The van der Waals surface area contributed by atoms with Gasteiger partial charge >= 0.3 is 0 Å². The molecule has 2 aromatic heterocycles. The monoisotopic (exact) mass is 261 g/mol. The van der Waals surface area contributed by atoms with Crippen molar-refractivity contribution in [2.24, 2.45) is 0 Å². The van der Waals surface area contributed by atoms with Gasteiger partial charge in [-0.2, -0.15) is 5.26 Å². The van der Waals surface area contributed by atoms with Gasteiger partial charge in [-0.15, -0.1) is 0 Å². The molecule has 96 valence electrons. The lowest BCUT2D eigenvalue weighted by atomic mass is 10.2. The third-order valence-electron chi connectivity index (χ3n) is 2.92. The minimum atomic E-state index is 0.401. The fourth-order valence-corrected chi connectivity index (χ4v) is 2.00. The Bertz CT molecular complexity index is 815. The number of benzene rings is 1. The summed E-state index contributed by atoms with van der Waals surface area (Å²) in [4.78, 5) is 8.52. The second kappa shape index (κ2) is 4.86. The molecule has 0 atom stereocenters. The first-order chi connectivity index (χ1) is 9.78. The number of nitrogen functional groups attached to an aromatic ring is 1. The number of nitrogens with one attached hydrogen (secondary N) is 1. The first-order valence-electron chi connectivity index (χ1n) is 6.04. The van der Waals surface area contributed by atoms with Crippen LogP contribution in [0.1, 0.15) is 5.56 Å². The predicted octanol–water partition coefficient (Wildman–Crippen LogP) is 2.83. The summed E-state index contributed by atoms with van der Waals surface area (Å²) >= 11 is 0. The van der Waals surface area contributed by atoms with Crippen LogP contribution in [0.5, 0.6) is 0 Å². The minimum Gasteiger partial charge on any atom is -0.397 e. The van der Waals surface area contributed by atoms with Crippen molar-refractivity contribution in [1.82, 2.24) is 9.97 Å². The van der Waals surface area contributed by atoms with Crippen molar-refractivity contribution < 1.29 is 0 Å². The lowest BCUT2D eigenvalue weighted by Gasteiger charge is -2.09. The van der Waals surface area contributed by atoms with Gasteiger partial charge in [0.25, 0.3) is 0 Å². The normalized spacial score (nSPS) is 10.2. The number of nitrogens with two attached hydrogens (primary N) is 1. The summed E-state index contributed by atoms with van der Waals surface area (Å²) in [5.41, 5.74) is 8.13. The molecule has 1 aromatic carbocycles. The Kier molecular flexibility index (Phi) is 2.90. The van der Waals surface area contributed by atoms with Gasteiger partial charge < -0.3 is 11.1 Å². The van der Waals surface area contributed by atoms with Gasteiger partial charge in [0.2, 0.25) is 0 Å². The van der Waals surface area contributed by atoms with Crippen LogP contribution in [-0.4, -0.2) is 9.97 Å². The maximum atomic E-state index is 9.13. The average molecular weight is 261 g/mol. The van der Waals surface area contributed by atoms with Gasteiger partial charge in [0.1, 0.15) is 11.9 Å². The van der Waals surface area contributed by atoms with Crippen LogP contribution in [-0.2, 0) is 0 Å². The van der Waals surface area contributed by atoms with Gasteiger partial charge in [-0.25, -0.2) is 4.98 Å². The van der Waals surface area contributed by atoms with Crippen molar-refractivity contribution in [3.63, 3.8) is 0 Å². The summed E-state index contributed by atoms with van der Waals surface area (Å²) in [6.45, 7) is 0. The second-order valence-electron chi connectivity index (χ2n) is 4.28. The highest BCUT2D eigenvalue weighted by Gasteiger charge is 2.07. The fraction of sp³-hybridized carbons (Fsp3) is 0. The zero-order valence-corrected chi connectivity index (χ0v) is 10.5. The molecule has 3 N–H and O–H groups in total. The number of aromatic nitrogens is 2. The van der Waals surface area contributed by atoms with Crippen LogP contribution in [0.4, 0.5) is 17.2 Å². The van der Waals surface area contributed by atoms with Crippen LogP contribution in [0.25, 0.3) is 10.9 Å². The molecule has 0 amide bonds. The van der Waals surface area contributed by atoms with Gasteiger partial charge in [-0.3, -0.25) is 4.98 Å². The van der Waals surface area contributed by atoms with Gasteiger partial charge in [-0.05, 0) is 18.2 Å². The smallest absolute Gasteiger partial charge is 0.148 e. The van der Waals surface area contributed by atoms with E-state index < -0.39 is 0 Å². The van der Waals surface area contributed by atoms with E-state index >= 15 is 0 Å². The summed E-state index contributed by atoms with van der Waals surface area (Å²) < 4.78 is 0. The highest BCUT2D eigenvalue weighted by molar-refractivity contribution is 5.92. The van der Waals surface area contributed by atoms with E-state index in [1.165, 1.54) is 6.20 Å². The number of nitrogens with zero attached hydrogens (tertiary/aromatic N) is 3. The fourth-order valence-electron chi connectivity index (χ4n) is 2.00. The Morgan fingerprint density at radius 1 is 1.15 bits per heavy atom. The van der Waals surface area contributed by atoms with Crippen LogP contribution in [0.3, 0.4) is 0 Å². The molecule has 3 rings (SSSR count). The second-order valence-corrected chi connectivity index (χ2v) is 4.28. The molecule has 0 unspecified atom stereocenters. The van der Waals surface area contributed by atoms with Crippen LogP contribution in [0.2, 0.25) is 0 Å². The quantitative estimate of drug-likeness (QED) is 0.740. The number of pyridine rings is 2.